The second-order valence-corrected chi connectivity index (χ2v) is 5.69. The molecule has 0 atom stereocenters. The van der Waals surface area contributed by atoms with Crippen LogP contribution in [0.2, 0.25) is 0 Å². The van der Waals surface area contributed by atoms with Crippen LogP contribution >= 0.6 is 0 Å². The summed E-state index contributed by atoms with van der Waals surface area (Å²) in [5, 5.41) is 5.65. The molecule has 0 fully saturated rings. The third-order valence-electron chi connectivity index (χ3n) is 3.77. The fourth-order valence-corrected chi connectivity index (χ4v) is 2.41. The normalized spacial score (nSPS) is 10.1. The summed E-state index contributed by atoms with van der Waals surface area (Å²) in [7, 11) is 0. The zero-order valence-corrected chi connectivity index (χ0v) is 13.8. The van der Waals surface area contributed by atoms with E-state index in [1.54, 1.807) is 48.5 Å². The monoisotopic (exact) mass is 330 g/mol. The average molecular weight is 330 g/mol. The van der Waals surface area contributed by atoms with Gasteiger partial charge >= 0.3 is 0 Å². The fraction of sp³-hybridized carbons (Fsp3) is 0.0476. The Hall–Kier alpha value is -3.40. The first-order valence-electron chi connectivity index (χ1n) is 7.97. The fourth-order valence-electron chi connectivity index (χ4n) is 2.41. The first-order valence-corrected chi connectivity index (χ1v) is 7.97. The maximum atomic E-state index is 12.6. The van der Waals surface area contributed by atoms with Crippen LogP contribution in [0.1, 0.15) is 26.3 Å². The summed E-state index contributed by atoms with van der Waals surface area (Å²) in [6, 6.07) is 23.4. The SMILES string of the molecule is Cc1ccc(NC(=O)c2ccccc2NC(=O)c2ccccc2)cc1. The molecule has 3 aromatic rings. The van der Waals surface area contributed by atoms with Crippen molar-refractivity contribution in [1.82, 2.24) is 0 Å². The summed E-state index contributed by atoms with van der Waals surface area (Å²) in [4.78, 5) is 24.9. The van der Waals surface area contributed by atoms with Crippen molar-refractivity contribution in [2.24, 2.45) is 0 Å². The van der Waals surface area contributed by atoms with Crippen molar-refractivity contribution in [2.45, 2.75) is 6.92 Å². The van der Waals surface area contributed by atoms with Gasteiger partial charge in [-0.05, 0) is 43.3 Å². The Labute approximate surface area is 146 Å². The Morgan fingerprint density at radius 2 is 1.32 bits per heavy atom. The number of para-hydroxylation sites is 1. The minimum atomic E-state index is -0.271. The summed E-state index contributed by atoms with van der Waals surface area (Å²) in [6.45, 7) is 1.99. The van der Waals surface area contributed by atoms with Gasteiger partial charge < -0.3 is 10.6 Å². The standard InChI is InChI=1S/C21H18N2O2/c1-15-11-13-17(14-12-15)22-21(25)18-9-5-6-10-19(18)23-20(24)16-7-3-2-4-8-16/h2-14H,1H3,(H,22,25)(H,23,24). The van der Waals surface area contributed by atoms with E-state index in [4.69, 9.17) is 0 Å². The molecule has 4 nitrogen and oxygen atoms in total. The van der Waals surface area contributed by atoms with E-state index in [2.05, 4.69) is 10.6 Å². The van der Waals surface area contributed by atoms with Crippen molar-refractivity contribution in [3.8, 4) is 0 Å². The molecule has 0 spiro atoms. The van der Waals surface area contributed by atoms with Crippen molar-refractivity contribution in [3.63, 3.8) is 0 Å². The number of amides is 2. The van der Waals surface area contributed by atoms with Crippen molar-refractivity contribution < 1.29 is 9.59 Å². The van der Waals surface area contributed by atoms with E-state index in [1.807, 2.05) is 37.3 Å². The number of aryl methyl sites for hydroxylation is 1. The van der Waals surface area contributed by atoms with Gasteiger partial charge in [0.25, 0.3) is 11.8 Å². The second-order valence-electron chi connectivity index (χ2n) is 5.69. The molecule has 0 aliphatic carbocycles. The van der Waals surface area contributed by atoms with E-state index in [9.17, 15) is 9.59 Å². The summed E-state index contributed by atoms with van der Waals surface area (Å²) in [5.41, 5.74) is 3.25. The van der Waals surface area contributed by atoms with Gasteiger partial charge in [0.2, 0.25) is 0 Å². The summed E-state index contributed by atoms with van der Waals surface area (Å²) >= 11 is 0. The molecule has 4 heteroatoms. The smallest absolute Gasteiger partial charge is 0.257 e. The Kier molecular flexibility index (Phi) is 4.90. The van der Waals surface area contributed by atoms with E-state index in [0.717, 1.165) is 5.56 Å². The molecule has 0 saturated heterocycles. The first kappa shape index (κ1) is 16.5. The number of hydrogen-bond donors (Lipinski definition) is 2. The number of carbonyl (C=O) groups is 2. The highest BCUT2D eigenvalue weighted by Crippen LogP contribution is 2.18. The van der Waals surface area contributed by atoms with Gasteiger partial charge in [0.1, 0.15) is 0 Å². The molecule has 2 amide bonds. The van der Waals surface area contributed by atoms with Crippen molar-refractivity contribution in [1.29, 1.82) is 0 Å². The van der Waals surface area contributed by atoms with Crippen LogP contribution in [0.15, 0.2) is 78.9 Å². The first-order chi connectivity index (χ1) is 12.1. The Balaban J connectivity index is 1.79. The molecule has 2 N–H and O–H groups in total. The van der Waals surface area contributed by atoms with Crippen LogP contribution in [-0.4, -0.2) is 11.8 Å². The van der Waals surface area contributed by atoms with Crippen molar-refractivity contribution in [3.05, 3.63) is 95.6 Å². The molecule has 0 bridgehead atoms. The van der Waals surface area contributed by atoms with Gasteiger partial charge in [-0.3, -0.25) is 9.59 Å². The molecule has 3 rings (SSSR count). The molecule has 0 saturated carbocycles. The minimum Gasteiger partial charge on any atom is -0.322 e. The number of anilines is 2. The molecule has 0 radical (unpaired) electrons. The molecule has 3 aromatic carbocycles. The molecule has 0 unspecified atom stereocenters. The average Bonchev–Trinajstić information content (AvgIpc) is 2.64. The second kappa shape index (κ2) is 7.45. The van der Waals surface area contributed by atoms with Crippen molar-refractivity contribution in [2.75, 3.05) is 10.6 Å². The van der Waals surface area contributed by atoms with Gasteiger partial charge in [0.15, 0.2) is 0 Å². The van der Waals surface area contributed by atoms with E-state index in [-0.39, 0.29) is 11.8 Å². The molecule has 0 heterocycles. The van der Waals surface area contributed by atoms with Crippen molar-refractivity contribution >= 4 is 23.2 Å². The van der Waals surface area contributed by atoms with Gasteiger partial charge in [-0.2, -0.15) is 0 Å². The van der Waals surface area contributed by atoms with E-state index >= 15 is 0 Å². The Morgan fingerprint density at radius 1 is 0.680 bits per heavy atom. The zero-order chi connectivity index (χ0) is 17.6. The predicted octanol–water partition coefficient (Wildman–Crippen LogP) is 4.50. The van der Waals surface area contributed by atoms with E-state index in [1.165, 1.54) is 0 Å². The highest BCUT2D eigenvalue weighted by atomic mass is 16.2. The van der Waals surface area contributed by atoms with E-state index in [0.29, 0.717) is 22.5 Å². The molecule has 0 aromatic heterocycles. The number of nitrogens with one attached hydrogen (secondary N) is 2. The number of benzene rings is 3. The van der Waals surface area contributed by atoms with Crippen LogP contribution in [0, 0.1) is 6.92 Å². The van der Waals surface area contributed by atoms with Gasteiger partial charge in [0.05, 0.1) is 11.3 Å². The lowest BCUT2D eigenvalue weighted by atomic mass is 10.1. The highest BCUT2D eigenvalue weighted by Gasteiger charge is 2.14. The Bertz CT molecular complexity index is 887. The number of carbonyl (C=O) groups excluding carboxylic acids is 2. The molecule has 25 heavy (non-hydrogen) atoms. The summed E-state index contributed by atoms with van der Waals surface area (Å²) in [6.07, 6.45) is 0. The van der Waals surface area contributed by atoms with Crippen LogP contribution in [0.3, 0.4) is 0 Å². The van der Waals surface area contributed by atoms with Gasteiger partial charge in [-0.25, -0.2) is 0 Å². The van der Waals surface area contributed by atoms with E-state index < -0.39 is 0 Å². The third-order valence-corrected chi connectivity index (χ3v) is 3.77. The maximum Gasteiger partial charge on any atom is 0.257 e. The minimum absolute atomic E-state index is 0.254. The van der Waals surface area contributed by atoms with Crippen LogP contribution < -0.4 is 10.6 Å². The molecular formula is C21H18N2O2. The van der Waals surface area contributed by atoms with Gasteiger partial charge in [-0.1, -0.05) is 48.0 Å². The van der Waals surface area contributed by atoms with Crippen LogP contribution in [0.4, 0.5) is 11.4 Å². The lowest BCUT2D eigenvalue weighted by Gasteiger charge is -2.11. The number of rotatable bonds is 4. The number of hydrogen-bond acceptors (Lipinski definition) is 2. The topological polar surface area (TPSA) is 58.2 Å². The maximum absolute atomic E-state index is 12.6. The largest absolute Gasteiger partial charge is 0.322 e. The third kappa shape index (κ3) is 4.12. The van der Waals surface area contributed by atoms with Gasteiger partial charge in [-0.15, -0.1) is 0 Å². The highest BCUT2D eigenvalue weighted by molar-refractivity contribution is 6.12. The quantitative estimate of drug-likeness (QED) is 0.740. The van der Waals surface area contributed by atoms with Crippen LogP contribution in [0.5, 0.6) is 0 Å². The zero-order valence-electron chi connectivity index (χ0n) is 13.8. The van der Waals surface area contributed by atoms with Crippen LogP contribution in [0.25, 0.3) is 0 Å². The molecule has 0 aliphatic rings. The lowest BCUT2D eigenvalue weighted by Crippen LogP contribution is -2.18. The summed E-state index contributed by atoms with van der Waals surface area (Å²) < 4.78 is 0. The Morgan fingerprint density at radius 3 is 2.04 bits per heavy atom. The predicted molar refractivity (Wildman–Crippen MR) is 100.0 cm³/mol. The molecule has 0 aliphatic heterocycles. The van der Waals surface area contributed by atoms with Gasteiger partial charge in [0, 0.05) is 11.3 Å². The molecular weight excluding hydrogens is 312 g/mol. The van der Waals surface area contributed by atoms with Crippen LogP contribution in [-0.2, 0) is 0 Å². The lowest BCUT2D eigenvalue weighted by molar-refractivity contribution is 0.102. The molecule has 124 valence electrons. The summed E-state index contributed by atoms with van der Waals surface area (Å²) in [5.74, 6) is -0.524.